The number of hydrogen-bond donors (Lipinski definition) is 1. The third-order valence-corrected chi connectivity index (χ3v) is 3.85. The van der Waals surface area contributed by atoms with Gasteiger partial charge in [0.05, 0.1) is 0 Å². The highest BCUT2D eigenvalue weighted by Gasteiger charge is 2.16. The molecule has 0 spiro atoms. The molecule has 18 heavy (non-hydrogen) atoms. The standard InChI is InChI=1S/C13H20N4S/c1-4-14-11(12-6-5-7-18-12)8-13-15-9-16-17(13)10(2)3/h5-7,9-11,14H,4,8H2,1-3H3. The van der Waals surface area contributed by atoms with Gasteiger partial charge in [-0.3, -0.25) is 0 Å². The van der Waals surface area contributed by atoms with E-state index >= 15 is 0 Å². The van der Waals surface area contributed by atoms with Crippen LogP contribution in [0, 0.1) is 0 Å². The van der Waals surface area contributed by atoms with E-state index in [-0.39, 0.29) is 0 Å². The molecule has 0 bridgehead atoms. The van der Waals surface area contributed by atoms with E-state index < -0.39 is 0 Å². The molecule has 2 aromatic heterocycles. The van der Waals surface area contributed by atoms with Crippen LogP contribution in [0.25, 0.3) is 0 Å². The topological polar surface area (TPSA) is 42.7 Å². The van der Waals surface area contributed by atoms with Crippen molar-refractivity contribution in [3.05, 3.63) is 34.5 Å². The highest BCUT2D eigenvalue weighted by Crippen LogP contribution is 2.22. The summed E-state index contributed by atoms with van der Waals surface area (Å²) in [6, 6.07) is 4.95. The highest BCUT2D eigenvalue weighted by molar-refractivity contribution is 7.10. The van der Waals surface area contributed by atoms with Crippen molar-refractivity contribution < 1.29 is 0 Å². The maximum absolute atomic E-state index is 4.39. The lowest BCUT2D eigenvalue weighted by Gasteiger charge is -2.17. The normalized spacial score (nSPS) is 13.1. The first-order valence-corrected chi connectivity index (χ1v) is 7.25. The second-order valence-corrected chi connectivity index (χ2v) is 5.52. The maximum Gasteiger partial charge on any atom is 0.138 e. The lowest BCUT2D eigenvalue weighted by atomic mass is 10.1. The van der Waals surface area contributed by atoms with Gasteiger partial charge in [0.25, 0.3) is 0 Å². The number of nitrogens with zero attached hydrogens (tertiary/aromatic N) is 3. The number of hydrogen-bond acceptors (Lipinski definition) is 4. The van der Waals surface area contributed by atoms with E-state index in [9.17, 15) is 0 Å². The van der Waals surface area contributed by atoms with Crippen molar-refractivity contribution in [2.24, 2.45) is 0 Å². The Labute approximate surface area is 112 Å². The van der Waals surface area contributed by atoms with E-state index in [1.807, 2.05) is 4.68 Å². The summed E-state index contributed by atoms with van der Waals surface area (Å²) in [4.78, 5) is 5.74. The van der Waals surface area contributed by atoms with Gasteiger partial charge in [-0.05, 0) is 31.8 Å². The Morgan fingerprint density at radius 3 is 2.89 bits per heavy atom. The summed E-state index contributed by atoms with van der Waals surface area (Å²) < 4.78 is 2.00. The van der Waals surface area contributed by atoms with Crippen LogP contribution in [-0.4, -0.2) is 21.3 Å². The number of nitrogens with one attached hydrogen (secondary N) is 1. The number of rotatable bonds is 6. The lowest BCUT2D eigenvalue weighted by molar-refractivity contribution is 0.471. The average molecular weight is 264 g/mol. The molecule has 1 atom stereocenters. The number of thiophene rings is 1. The fourth-order valence-electron chi connectivity index (χ4n) is 2.04. The summed E-state index contributed by atoms with van der Waals surface area (Å²) in [7, 11) is 0. The molecule has 4 nitrogen and oxygen atoms in total. The van der Waals surface area contributed by atoms with Crippen molar-refractivity contribution in [1.82, 2.24) is 20.1 Å². The third-order valence-electron chi connectivity index (χ3n) is 2.86. The van der Waals surface area contributed by atoms with Crippen LogP contribution < -0.4 is 5.32 Å². The minimum Gasteiger partial charge on any atom is -0.309 e. The summed E-state index contributed by atoms with van der Waals surface area (Å²) in [5.74, 6) is 1.05. The zero-order valence-corrected chi connectivity index (χ0v) is 11.9. The van der Waals surface area contributed by atoms with Crippen LogP contribution in [0.3, 0.4) is 0 Å². The molecule has 0 radical (unpaired) electrons. The summed E-state index contributed by atoms with van der Waals surface area (Å²) in [5, 5.41) is 9.93. The van der Waals surface area contributed by atoms with Crippen LogP contribution in [-0.2, 0) is 6.42 Å². The smallest absolute Gasteiger partial charge is 0.138 e. The van der Waals surface area contributed by atoms with Gasteiger partial charge in [-0.2, -0.15) is 5.10 Å². The van der Waals surface area contributed by atoms with Gasteiger partial charge in [-0.1, -0.05) is 13.0 Å². The Morgan fingerprint density at radius 2 is 2.28 bits per heavy atom. The summed E-state index contributed by atoms with van der Waals surface area (Å²) in [5.41, 5.74) is 0. The fourth-order valence-corrected chi connectivity index (χ4v) is 2.85. The van der Waals surface area contributed by atoms with Crippen molar-refractivity contribution >= 4 is 11.3 Å². The Balaban J connectivity index is 2.16. The molecule has 1 unspecified atom stereocenters. The number of aromatic nitrogens is 3. The predicted octanol–water partition coefficient (Wildman–Crippen LogP) is 2.81. The Bertz CT molecular complexity index is 461. The third kappa shape index (κ3) is 2.97. The summed E-state index contributed by atoms with van der Waals surface area (Å²) >= 11 is 1.79. The van der Waals surface area contributed by atoms with Gasteiger partial charge in [0, 0.05) is 23.4 Å². The predicted molar refractivity (Wildman–Crippen MR) is 74.8 cm³/mol. The average Bonchev–Trinajstić information content (AvgIpc) is 2.99. The Hall–Kier alpha value is -1.20. The van der Waals surface area contributed by atoms with E-state index in [1.165, 1.54) is 4.88 Å². The van der Waals surface area contributed by atoms with Crippen molar-refractivity contribution in [2.45, 2.75) is 39.3 Å². The van der Waals surface area contributed by atoms with Crippen LogP contribution in [0.15, 0.2) is 23.8 Å². The first kappa shape index (κ1) is 13.2. The van der Waals surface area contributed by atoms with Gasteiger partial charge in [0.15, 0.2) is 0 Å². The van der Waals surface area contributed by atoms with Crippen LogP contribution in [0.2, 0.25) is 0 Å². The molecule has 0 aromatic carbocycles. The van der Waals surface area contributed by atoms with Gasteiger partial charge in [-0.25, -0.2) is 9.67 Å². The molecule has 5 heteroatoms. The molecule has 0 aliphatic rings. The number of likely N-dealkylation sites (N-methyl/N-ethyl adjacent to an activating group) is 1. The van der Waals surface area contributed by atoms with E-state index in [1.54, 1.807) is 17.7 Å². The molecule has 98 valence electrons. The van der Waals surface area contributed by atoms with Crippen LogP contribution in [0.4, 0.5) is 0 Å². The van der Waals surface area contributed by atoms with Crippen molar-refractivity contribution in [3.63, 3.8) is 0 Å². The van der Waals surface area contributed by atoms with Crippen molar-refractivity contribution in [3.8, 4) is 0 Å². The van der Waals surface area contributed by atoms with E-state index in [4.69, 9.17) is 0 Å². The van der Waals surface area contributed by atoms with E-state index in [2.05, 4.69) is 53.7 Å². The molecular weight excluding hydrogens is 244 g/mol. The molecule has 0 saturated heterocycles. The summed E-state index contributed by atoms with van der Waals surface area (Å²) in [6.07, 6.45) is 2.53. The minimum atomic E-state index is 0.330. The molecular formula is C13H20N4S. The first-order chi connectivity index (χ1) is 8.72. The molecule has 0 saturated carbocycles. The second kappa shape index (κ2) is 6.11. The lowest BCUT2D eigenvalue weighted by Crippen LogP contribution is -2.24. The van der Waals surface area contributed by atoms with Crippen LogP contribution >= 0.6 is 11.3 Å². The van der Waals surface area contributed by atoms with Crippen molar-refractivity contribution in [2.75, 3.05) is 6.54 Å². The van der Waals surface area contributed by atoms with E-state index in [0.717, 1.165) is 18.8 Å². The molecule has 0 fully saturated rings. The van der Waals surface area contributed by atoms with Crippen molar-refractivity contribution in [1.29, 1.82) is 0 Å². The monoisotopic (exact) mass is 264 g/mol. The molecule has 0 aliphatic carbocycles. The maximum atomic E-state index is 4.39. The van der Waals surface area contributed by atoms with Gasteiger partial charge in [0.2, 0.25) is 0 Å². The zero-order chi connectivity index (χ0) is 13.0. The molecule has 2 rings (SSSR count). The summed E-state index contributed by atoms with van der Waals surface area (Å²) in [6.45, 7) is 7.35. The molecule has 0 aliphatic heterocycles. The van der Waals surface area contributed by atoms with Gasteiger partial charge in [-0.15, -0.1) is 11.3 Å². The van der Waals surface area contributed by atoms with Gasteiger partial charge < -0.3 is 5.32 Å². The molecule has 2 heterocycles. The Morgan fingerprint density at radius 1 is 1.44 bits per heavy atom. The Kier molecular flexibility index (Phi) is 4.49. The molecule has 2 aromatic rings. The fraction of sp³-hybridized carbons (Fsp3) is 0.538. The van der Waals surface area contributed by atoms with Gasteiger partial charge >= 0.3 is 0 Å². The second-order valence-electron chi connectivity index (χ2n) is 4.54. The largest absolute Gasteiger partial charge is 0.309 e. The first-order valence-electron chi connectivity index (χ1n) is 6.37. The van der Waals surface area contributed by atoms with Gasteiger partial charge in [0.1, 0.15) is 12.2 Å². The van der Waals surface area contributed by atoms with E-state index in [0.29, 0.717) is 12.1 Å². The SMILES string of the molecule is CCNC(Cc1ncnn1C(C)C)c1cccs1. The van der Waals surface area contributed by atoms with Crippen LogP contribution in [0.5, 0.6) is 0 Å². The molecule has 0 amide bonds. The molecule has 1 N–H and O–H groups in total. The quantitative estimate of drug-likeness (QED) is 0.872. The highest BCUT2D eigenvalue weighted by atomic mass is 32.1. The zero-order valence-electron chi connectivity index (χ0n) is 11.1. The van der Waals surface area contributed by atoms with Crippen LogP contribution in [0.1, 0.15) is 43.6 Å². The minimum absolute atomic E-state index is 0.330.